The molecule has 1 aliphatic heterocycles. The molecule has 1 atom stereocenters. The molecule has 5 nitrogen and oxygen atoms in total. The summed E-state index contributed by atoms with van der Waals surface area (Å²) in [7, 11) is 1.99. The Kier molecular flexibility index (Phi) is 4.31. The first kappa shape index (κ1) is 14.2. The number of hydrogen-bond acceptors (Lipinski definition) is 4. The molecule has 3 rings (SSSR count). The van der Waals surface area contributed by atoms with Gasteiger partial charge < -0.3 is 4.74 Å². The van der Waals surface area contributed by atoms with Crippen molar-refractivity contribution in [3.8, 4) is 0 Å². The van der Waals surface area contributed by atoms with E-state index in [4.69, 9.17) is 4.74 Å². The highest BCUT2D eigenvalue weighted by molar-refractivity contribution is 5.25. The average Bonchev–Trinajstić information content (AvgIpc) is 2.86. The minimum atomic E-state index is 0.353. The first-order chi connectivity index (χ1) is 10.3. The van der Waals surface area contributed by atoms with Gasteiger partial charge in [-0.2, -0.15) is 5.10 Å². The van der Waals surface area contributed by atoms with Gasteiger partial charge in [-0.3, -0.25) is 14.6 Å². The van der Waals surface area contributed by atoms with Crippen LogP contribution in [0.4, 0.5) is 0 Å². The normalized spacial score (nSPS) is 18.7. The topological polar surface area (TPSA) is 43.2 Å². The second kappa shape index (κ2) is 6.37. The molecule has 0 N–H and O–H groups in total. The van der Waals surface area contributed by atoms with Gasteiger partial charge in [0.25, 0.3) is 0 Å². The van der Waals surface area contributed by atoms with Crippen LogP contribution in [0.25, 0.3) is 0 Å². The molecule has 0 spiro atoms. The summed E-state index contributed by atoms with van der Waals surface area (Å²) in [5, 5.41) is 4.62. The minimum absolute atomic E-state index is 0.353. The van der Waals surface area contributed by atoms with E-state index < -0.39 is 0 Å². The van der Waals surface area contributed by atoms with E-state index in [-0.39, 0.29) is 0 Å². The van der Waals surface area contributed by atoms with E-state index >= 15 is 0 Å². The molecule has 0 unspecified atom stereocenters. The van der Waals surface area contributed by atoms with E-state index in [2.05, 4.69) is 27.2 Å². The fourth-order valence-corrected chi connectivity index (χ4v) is 2.99. The van der Waals surface area contributed by atoms with Crippen molar-refractivity contribution in [2.75, 3.05) is 19.8 Å². The van der Waals surface area contributed by atoms with E-state index in [1.54, 1.807) is 0 Å². The number of aromatic nitrogens is 3. The Morgan fingerprint density at radius 3 is 3.10 bits per heavy atom. The summed E-state index contributed by atoms with van der Waals surface area (Å²) in [6.07, 6.45) is 5.89. The van der Waals surface area contributed by atoms with Crippen LogP contribution in [0, 0.1) is 0 Å². The largest absolute Gasteiger partial charge is 0.381 e. The molecule has 2 aromatic heterocycles. The molecule has 112 valence electrons. The van der Waals surface area contributed by atoms with Gasteiger partial charge in [-0.15, -0.1) is 0 Å². The summed E-state index contributed by atoms with van der Waals surface area (Å²) < 4.78 is 7.56. The van der Waals surface area contributed by atoms with Gasteiger partial charge >= 0.3 is 0 Å². The fraction of sp³-hybridized carbons (Fsp3) is 0.500. The van der Waals surface area contributed by atoms with Crippen molar-refractivity contribution in [1.82, 2.24) is 19.7 Å². The van der Waals surface area contributed by atoms with Crippen molar-refractivity contribution in [1.29, 1.82) is 0 Å². The van der Waals surface area contributed by atoms with Gasteiger partial charge in [0, 0.05) is 63.4 Å². The number of pyridine rings is 1. The third-order valence-electron chi connectivity index (χ3n) is 3.85. The van der Waals surface area contributed by atoms with Gasteiger partial charge in [0.1, 0.15) is 0 Å². The summed E-state index contributed by atoms with van der Waals surface area (Å²) >= 11 is 0. The number of aryl methyl sites for hydroxylation is 1. The number of hydrogen-bond donors (Lipinski definition) is 0. The van der Waals surface area contributed by atoms with Gasteiger partial charge in [0.05, 0.1) is 12.3 Å². The van der Waals surface area contributed by atoms with E-state index in [0.29, 0.717) is 5.92 Å². The van der Waals surface area contributed by atoms with Crippen LogP contribution in [0.1, 0.15) is 29.7 Å². The lowest BCUT2D eigenvalue weighted by atomic mass is 9.97. The van der Waals surface area contributed by atoms with Crippen molar-refractivity contribution in [3.05, 3.63) is 47.5 Å². The van der Waals surface area contributed by atoms with E-state index in [1.165, 1.54) is 16.8 Å². The van der Waals surface area contributed by atoms with Gasteiger partial charge in [0.2, 0.25) is 0 Å². The zero-order chi connectivity index (χ0) is 14.7. The second-order valence-corrected chi connectivity index (χ2v) is 5.60. The Hall–Kier alpha value is -1.72. The molecule has 21 heavy (non-hydrogen) atoms. The van der Waals surface area contributed by atoms with E-state index in [1.807, 2.05) is 37.1 Å². The second-order valence-electron chi connectivity index (χ2n) is 5.60. The Bertz CT molecular complexity index is 581. The van der Waals surface area contributed by atoms with Crippen LogP contribution < -0.4 is 0 Å². The van der Waals surface area contributed by atoms with Crippen LogP contribution in [0.5, 0.6) is 0 Å². The average molecular weight is 286 g/mol. The first-order valence-corrected chi connectivity index (χ1v) is 7.47. The molecule has 0 fully saturated rings. The van der Waals surface area contributed by atoms with Gasteiger partial charge in [-0.25, -0.2) is 0 Å². The van der Waals surface area contributed by atoms with E-state index in [0.717, 1.165) is 32.8 Å². The Morgan fingerprint density at radius 1 is 1.43 bits per heavy atom. The smallest absolute Gasteiger partial charge is 0.0736 e. The first-order valence-electron chi connectivity index (χ1n) is 7.47. The lowest BCUT2D eigenvalue weighted by molar-refractivity contribution is 0.104. The predicted octanol–water partition coefficient (Wildman–Crippen LogP) is 1.95. The molecule has 0 amide bonds. The predicted molar refractivity (Wildman–Crippen MR) is 80.8 cm³/mol. The number of rotatable bonds is 5. The summed E-state index contributed by atoms with van der Waals surface area (Å²) in [5.41, 5.74) is 3.77. The van der Waals surface area contributed by atoms with E-state index in [9.17, 15) is 0 Å². The molecule has 0 aromatic carbocycles. The van der Waals surface area contributed by atoms with Crippen molar-refractivity contribution >= 4 is 0 Å². The van der Waals surface area contributed by atoms with Crippen LogP contribution in [-0.2, 0) is 24.9 Å². The van der Waals surface area contributed by atoms with Crippen molar-refractivity contribution in [2.24, 2.45) is 7.05 Å². The molecule has 0 saturated carbocycles. The van der Waals surface area contributed by atoms with Crippen LogP contribution in [0.3, 0.4) is 0 Å². The van der Waals surface area contributed by atoms with Crippen molar-refractivity contribution < 1.29 is 4.74 Å². The lowest BCUT2D eigenvalue weighted by Gasteiger charge is -2.31. The summed E-state index contributed by atoms with van der Waals surface area (Å²) in [4.78, 5) is 6.65. The molecule has 0 aliphatic carbocycles. The van der Waals surface area contributed by atoms with Crippen LogP contribution >= 0.6 is 0 Å². The van der Waals surface area contributed by atoms with Crippen LogP contribution in [-0.4, -0.2) is 39.4 Å². The summed E-state index contributed by atoms with van der Waals surface area (Å²) in [6, 6.07) is 4.12. The highest BCUT2D eigenvalue weighted by atomic mass is 16.5. The summed E-state index contributed by atoms with van der Waals surface area (Å²) in [6.45, 7) is 6.38. The molecule has 2 aromatic rings. The molecule has 0 bridgehead atoms. The van der Waals surface area contributed by atoms with Crippen molar-refractivity contribution in [3.63, 3.8) is 0 Å². The minimum Gasteiger partial charge on any atom is -0.381 e. The summed E-state index contributed by atoms with van der Waals surface area (Å²) in [5.74, 6) is 0.353. The quantitative estimate of drug-likeness (QED) is 0.842. The highest BCUT2D eigenvalue weighted by Crippen LogP contribution is 2.28. The Labute approximate surface area is 125 Å². The molecule has 0 saturated heterocycles. The van der Waals surface area contributed by atoms with Crippen LogP contribution in [0.2, 0.25) is 0 Å². The van der Waals surface area contributed by atoms with Crippen LogP contribution in [0.15, 0.2) is 30.7 Å². The number of ether oxygens (including phenoxy) is 1. The molecular formula is C16H22N4O. The third kappa shape index (κ3) is 3.31. The molecule has 5 heteroatoms. The van der Waals surface area contributed by atoms with Gasteiger partial charge in [-0.05, 0) is 18.6 Å². The zero-order valence-electron chi connectivity index (χ0n) is 12.7. The molecule has 1 aliphatic rings. The number of nitrogens with zero attached hydrogens (tertiary/aromatic N) is 4. The Morgan fingerprint density at radius 2 is 2.33 bits per heavy atom. The molecule has 0 radical (unpaired) electrons. The lowest BCUT2D eigenvalue weighted by Crippen LogP contribution is -2.34. The third-order valence-corrected chi connectivity index (χ3v) is 3.85. The fourth-order valence-electron chi connectivity index (χ4n) is 2.99. The van der Waals surface area contributed by atoms with Gasteiger partial charge in [-0.1, -0.05) is 6.07 Å². The van der Waals surface area contributed by atoms with Gasteiger partial charge in [0.15, 0.2) is 0 Å². The SMILES string of the molecule is CCOC[C@H]1CN(Cc2cccnc2)Cc2cn(C)nc21. The maximum absolute atomic E-state index is 5.65. The number of fused-ring (bicyclic) bond motifs is 1. The van der Waals surface area contributed by atoms with Crippen molar-refractivity contribution in [2.45, 2.75) is 25.9 Å². The maximum atomic E-state index is 5.65. The monoisotopic (exact) mass is 286 g/mol. The standard InChI is InChI=1S/C16H22N4O/c1-3-21-12-15-11-20(8-13-5-4-6-17-7-13)10-14-9-19(2)18-16(14)15/h4-7,9,15H,3,8,10-12H2,1-2H3/t15-/m1/s1. The molecule has 3 heterocycles. The highest BCUT2D eigenvalue weighted by Gasteiger charge is 2.28. The zero-order valence-corrected chi connectivity index (χ0v) is 12.7. The Balaban J connectivity index is 1.76. The maximum Gasteiger partial charge on any atom is 0.0736 e. The molecular weight excluding hydrogens is 264 g/mol.